The van der Waals surface area contributed by atoms with Gasteiger partial charge in [-0.2, -0.15) is 0 Å². The average molecular weight is 266 g/mol. The van der Waals surface area contributed by atoms with Crippen molar-refractivity contribution in [1.82, 2.24) is 15.2 Å². The number of methoxy groups -OCH3 is 1. The van der Waals surface area contributed by atoms with Gasteiger partial charge in [0.05, 0.1) is 7.11 Å². The molecule has 0 saturated heterocycles. The molecular formula is C10H10N4O3S. The van der Waals surface area contributed by atoms with Gasteiger partial charge in [-0.05, 0) is 6.92 Å². The Morgan fingerprint density at radius 1 is 1.50 bits per heavy atom. The molecule has 0 bridgehead atoms. The third-order valence-corrected chi connectivity index (χ3v) is 2.84. The van der Waals surface area contributed by atoms with Gasteiger partial charge in [-0.1, -0.05) is 11.3 Å². The SMILES string of the molecule is COc1c[nH]c(C(=O)Nc2nnc(C)s2)cc1=O. The van der Waals surface area contributed by atoms with Crippen molar-refractivity contribution in [3.05, 3.63) is 33.2 Å². The molecule has 18 heavy (non-hydrogen) atoms. The Bertz CT molecular complexity index is 634. The van der Waals surface area contributed by atoms with Gasteiger partial charge < -0.3 is 9.72 Å². The van der Waals surface area contributed by atoms with Crippen LogP contribution in [0.2, 0.25) is 0 Å². The highest BCUT2D eigenvalue weighted by molar-refractivity contribution is 7.15. The Balaban J connectivity index is 2.19. The smallest absolute Gasteiger partial charge is 0.274 e. The quantitative estimate of drug-likeness (QED) is 0.856. The van der Waals surface area contributed by atoms with E-state index in [0.717, 1.165) is 5.01 Å². The second kappa shape index (κ2) is 4.96. The van der Waals surface area contributed by atoms with Gasteiger partial charge >= 0.3 is 0 Å². The van der Waals surface area contributed by atoms with Gasteiger partial charge in [-0.25, -0.2) is 0 Å². The molecule has 2 aromatic heterocycles. The Morgan fingerprint density at radius 3 is 2.83 bits per heavy atom. The van der Waals surface area contributed by atoms with Crippen molar-refractivity contribution in [3.8, 4) is 5.75 Å². The van der Waals surface area contributed by atoms with Gasteiger partial charge in [0.15, 0.2) is 5.75 Å². The van der Waals surface area contributed by atoms with E-state index in [2.05, 4.69) is 20.5 Å². The highest BCUT2D eigenvalue weighted by Crippen LogP contribution is 2.14. The van der Waals surface area contributed by atoms with E-state index in [4.69, 9.17) is 4.74 Å². The molecule has 0 atom stereocenters. The molecule has 0 aliphatic rings. The van der Waals surface area contributed by atoms with Gasteiger partial charge in [-0.3, -0.25) is 14.9 Å². The molecule has 2 N–H and O–H groups in total. The Kier molecular flexibility index (Phi) is 3.38. The number of aryl methyl sites for hydroxylation is 1. The maximum Gasteiger partial charge on any atom is 0.274 e. The van der Waals surface area contributed by atoms with Crippen LogP contribution >= 0.6 is 11.3 Å². The van der Waals surface area contributed by atoms with E-state index in [-0.39, 0.29) is 16.9 Å². The first-order valence-electron chi connectivity index (χ1n) is 4.98. The molecule has 1 amide bonds. The van der Waals surface area contributed by atoms with Crippen LogP contribution in [0.1, 0.15) is 15.5 Å². The predicted molar refractivity (Wildman–Crippen MR) is 66.2 cm³/mol. The summed E-state index contributed by atoms with van der Waals surface area (Å²) in [5.74, 6) is -0.302. The number of pyridine rings is 1. The Morgan fingerprint density at radius 2 is 2.28 bits per heavy atom. The average Bonchev–Trinajstić information content (AvgIpc) is 2.74. The highest BCUT2D eigenvalue weighted by Gasteiger charge is 2.11. The molecular weight excluding hydrogens is 256 g/mol. The molecule has 2 heterocycles. The number of amides is 1. The summed E-state index contributed by atoms with van der Waals surface area (Å²) in [5, 5.41) is 11.2. The van der Waals surface area contributed by atoms with E-state index in [1.807, 2.05) is 0 Å². The van der Waals surface area contributed by atoms with Crippen LogP contribution in [0.15, 0.2) is 17.1 Å². The van der Waals surface area contributed by atoms with Crippen molar-refractivity contribution in [2.75, 3.05) is 12.4 Å². The lowest BCUT2D eigenvalue weighted by Crippen LogP contribution is -2.17. The molecule has 0 unspecified atom stereocenters. The number of hydrogen-bond acceptors (Lipinski definition) is 6. The molecule has 2 aromatic rings. The fourth-order valence-corrected chi connectivity index (χ4v) is 1.85. The maximum absolute atomic E-state index is 11.8. The monoisotopic (exact) mass is 266 g/mol. The van der Waals surface area contributed by atoms with Crippen LogP contribution in [0.4, 0.5) is 5.13 Å². The largest absolute Gasteiger partial charge is 0.491 e. The Hall–Kier alpha value is -2.22. The third kappa shape index (κ3) is 2.54. The first-order valence-corrected chi connectivity index (χ1v) is 5.80. The molecule has 94 valence electrons. The lowest BCUT2D eigenvalue weighted by molar-refractivity contribution is 0.102. The van der Waals surface area contributed by atoms with Crippen LogP contribution in [0.3, 0.4) is 0 Å². The minimum Gasteiger partial charge on any atom is -0.491 e. The van der Waals surface area contributed by atoms with E-state index < -0.39 is 5.91 Å². The van der Waals surface area contributed by atoms with Crippen LogP contribution in [0, 0.1) is 6.92 Å². The summed E-state index contributed by atoms with van der Waals surface area (Å²) in [6.07, 6.45) is 1.34. The number of nitrogens with one attached hydrogen (secondary N) is 2. The predicted octanol–water partition coefficient (Wildman–Crippen LogP) is 0.796. The molecule has 2 rings (SSSR count). The van der Waals surface area contributed by atoms with E-state index >= 15 is 0 Å². The van der Waals surface area contributed by atoms with Crippen molar-refractivity contribution in [2.45, 2.75) is 6.92 Å². The number of ether oxygens (including phenoxy) is 1. The normalized spacial score (nSPS) is 10.1. The number of aromatic amines is 1. The van der Waals surface area contributed by atoms with Crippen molar-refractivity contribution in [2.24, 2.45) is 0 Å². The summed E-state index contributed by atoms with van der Waals surface area (Å²) in [7, 11) is 1.38. The van der Waals surface area contributed by atoms with Crippen molar-refractivity contribution < 1.29 is 9.53 Å². The maximum atomic E-state index is 11.8. The van der Waals surface area contributed by atoms with Crippen LogP contribution in [0.25, 0.3) is 0 Å². The number of rotatable bonds is 3. The third-order valence-electron chi connectivity index (χ3n) is 2.09. The summed E-state index contributed by atoms with van der Waals surface area (Å²) in [6.45, 7) is 1.78. The number of hydrogen-bond donors (Lipinski definition) is 2. The lowest BCUT2D eigenvalue weighted by Gasteiger charge is -2.02. The molecule has 7 nitrogen and oxygen atoms in total. The van der Waals surface area contributed by atoms with Gasteiger partial charge in [-0.15, -0.1) is 10.2 Å². The second-order valence-electron chi connectivity index (χ2n) is 3.36. The van der Waals surface area contributed by atoms with E-state index in [9.17, 15) is 9.59 Å². The number of carbonyl (C=O) groups excluding carboxylic acids is 1. The molecule has 0 aliphatic carbocycles. The van der Waals surface area contributed by atoms with Crippen molar-refractivity contribution in [1.29, 1.82) is 0 Å². The van der Waals surface area contributed by atoms with Crippen LogP contribution in [-0.2, 0) is 0 Å². The summed E-state index contributed by atoms with van der Waals surface area (Å²) < 4.78 is 4.81. The van der Waals surface area contributed by atoms with Gasteiger partial charge in [0, 0.05) is 12.3 Å². The lowest BCUT2D eigenvalue weighted by atomic mass is 10.3. The zero-order chi connectivity index (χ0) is 13.1. The minimum absolute atomic E-state index is 0.133. The minimum atomic E-state index is -0.453. The molecule has 0 aliphatic heterocycles. The molecule has 0 saturated carbocycles. The fraction of sp³-hybridized carbons (Fsp3) is 0.200. The summed E-state index contributed by atoms with van der Waals surface area (Å²) in [4.78, 5) is 25.9. The number of aromatic nitrogens is 3. The highest BCUT2D eigenvalue weighted by atomic mass is 32.1. The zero-order valence-electron chi connectivity index (χ0n) is 9.68. The van der Waals surface area contributed by atoms with E-state index in [1.165, 1.54) is 30.7 Å². The van der Waals surface area contributed by atoms with E-state index in [1.54, 1.807) is 6.92 Å². The van der Waals surface area contributed by atoms with Gasteiger partial charge in [0.25, 0.3) is 5.91 Å². The van der Waals surface area contributed by atoms with Gasteiger partial charge in [0.2, 0.25) is 10.6 Å². The molecule has 8 heteroatoms. The summed E-state index contributed by atoms with van der Waals surface area (Å²) >= 11 is 1.25. The molecule has 0 radical (unpaired) electrons. The number of H-pyrrole nitrogens is 1. The van der Waals surface area contributed by atoms with Gasteiger partial charge in [0.1, 0.15) is 10.7 Å². The second-order valence-corrected chi connectivity index (χ2v) is 4.54. The molecule has 0 spiro atoms. The zero-order valence-corrected chi connectivity index (χ0v) is 10.5. The standard InChI is InChI=1S/C10H10N4O3S/c1-5-13-14-10(18-5)12-9(16)6-3-7(15)8(17-2)4-11-6/h3-4H,1-2H3,(H,11,15)(H,12,14,16). The number of anilines is 1. The van der Waals surface area contributed by atoms with Crippen LogP contribution in [0.5, 0.6) is 5.75 Å². The molecule has 0 aromatic carbocycles. The first-order chi connectivity index (χ1) is 8.60. The number of carbonyl (C=O) groups is 1. The Labute approximate surface area is 106 Å². The topological polar surface area (TPSA) is 97.0 Å². The van der Waals surface area contributed by atoms with Crippen molar-refractivity contribution >= 4 is 22.4 Å². The van der Waals surface area contributed by atoms with E-state index in [0.29, 0.717) is 5.13 Å². The molecule has 0 fully saturated rings. The first kappa shape index (κ1) is 12.2. The summed E-state index contributed by atoms with van der Waals surface area (Å²) in [5.41, 5.74) is -0.233. The van der Waals surface area contributed by atoms with Crippen LogP contribution in [-0.4, -0.2) is 28.2 Å². The van der Waals surface area contributed by atoms with Crippen molar-refractivity contribution in [3.63, 3.8) is 0 Å². The fourth-order valence-electron chi connectivity index (χ4n) is 1.26. The summed E-state index contributed by atoms with van der Waals surface area (Å²) in [6, 6.07) is 1.17. The van der Waals surface area contributed by atoms with Crippen LogP contribution < -0.4 is 15.5 Å². The number of nitrogens with zero attached hydrogens (tertiary/aromatic N) is 2.